The van der Waals surface area contributed by atoms with E-state index in [0.29, 0.717) is 17.9 Å². The van der Waals surface area contributed by atoms with Crippen LogP contribution in [0.4, 0.5) is 60.5 Å². The van der Waals surface area contributed by atoms with Gasteiger partial charge in [-0.05, 0) is 79.2 Å². The van der Waals surface area contributed by atoms with Crippen molar-refractivity contribution in [2.45, 2.75) is 41.4 Å². The van der Waals surface area contributed by atoms with E-state index in [2.05, 4.69) is 25.2 Å². The highest BCUT2D eigenvalue weighted by molar-refractivity contribution is 7.93. The molecule has 3 aliphatic heterocycles. The topological polar surface area (TPSA) is 241 Å². The van der Waals surface area contributed by atoms with Gasteiger partial charge < -0.3 is 42.1 Å². The van der Waals surface area contributed by atoms with Gasteiger partial charge in [0.05, 0.1) is 44.0 Å². The number of fused-ring (bicyclic) bond motifs is 2. The molecule has 0 atom stereocenters. The van der Waals surface area contributed by atoms with E-state index in [0.717, 1.165) is 105 Å². The number of para-hydroxylation sites is 1. The first-order valence-corrected chi connectivity index (χ1v) is 24.3. The van der Waals surface area contributed by atoms with Crippen molar-refractivity contribution < 1.29 is 63.0 Å². The van der Waals surface area contributed by atoms with E-state index < -0.39 is 44.3 Å². The summed E-state index contributed by atoms with van der Waals surface area (Å²) >= 11 is 6.40. The number of sulfonamides is 2. The number of rotatable bonds is 7. The van der Waals surface area contributed by atoms with Gasteiger partial charge in [0, 0.05) is 57.7 Å². The molecule has 0 saturated carbocycles. The molecule has 0 aliphatic carbocycles. The minimum atomic E-state index is -5.08. The fourth-order valence-electron chi connectivity index (χ4n) is 7.41. The van der Waals surface area contributed by atoms with E-state index in [4.69, 9.17) is 42.9 Å². The molecule has 3 aliphatic rings. The monoisotopic (exact) mass is 1030 g/mol. The summed E-state index contributed by atoms with van der Waals surface area (Å²) in [4.78, 5) is 22.3. The van der Waals surface area contributed by atoms with Crippen LogP contribution in [-0.4, -0.2) is 110 Å². The van der Waals surface area contributed by atoms with Crippen LogP contribution in [0.3, 0.4) is 0 Å². The van der Waals surface area contributed by atoms with Gasteiger partial charge in [0.25, 0.3) is 20.0 Å². The van der Waals surface area contributed by atoms with Crippen molar-refractivity contribution in [1.29, 1.82) is 0 Å². The fraction of sp³-hybridized carbons (Fsp3) is 0.318. The van der Waals surface area contributed by atoms with Gasteiger partial charge in [0.2, 0.25) is 0 Å². The summed E-state index contributed by atoms with van der Waals surface area (Å²) in [7, 11) is -7.53. The summed E-state index contributed by atoms with van der Waals surface area (Å²) in [6.45, 7) is 7.47. The number of nitrogens with one attached hydrogen (secondary N) is 3. The lowest BCUT2D eigenvalue weighted by Gasteiger charge is -2.31. The molecule has 8 rings (SSSR count). The number of aryl methyl sites for hydroxylation is 1. The maximum Gasteiger partial charge on any atom is 0.490 e. The zero-order valence-corrected chi connectivity index (χ0v) is 38.9. The third-order valence-electron chi connectivity index (χ3n) is 10.7. The van der Waals surface area contributed by atoms with Crippen LogP contribution in [0.2, 0.25) is 5.02 Å². The predicted molar refractivity (Wildman–Crippen MR) is 253 cm³/mol. The molecule has 25 heteroatoms. The number of hydrogen-bond acceptors (Lipinski definition) is 12. The van der Waals surface area contributed by atoms with E-state index in [-0.39, 0.29) is 20.5 Å². The van der Waals surface area contributed by atoms with E-state index >= 15 is 0 Å². The largest absolute Gasteiger partial charge is 0.490 e. The van der Waals surface area contributed by atoms with Crippen LogP contribution in [0, 0.1) is 0 Å². The maximum absolute atomic E-state index is 13.3. The first-order chi connectivity index (χ1) is 32.4. The first kappa shape index (κ1) is 53.7. The third-order valence-corrected chi connectivity index (χ3v) is 14.5. The van der Waals surface area contributed by atoms with Gasteiger partial charge in [-0.2, -0.15) is 26.3 Å². The number of halogens is 7. The molecule has 5 aromatic rings. The number of hydrogen-bond donors (Lipinski definition) is 7. The number of anilines is 6. The van der Waals surface area contributed by atoms with Crippen molar-refractivity contribution in [3.05, 3.63) is 108 Å². The average molecular weight is 1030 g/mol. The van der Waals surface area contributed by atoms with Crippen LogP contribution in [0.25, 0.3) is 10.8 Å². The molecule has 2 fully saturated rings. The summed E-state index contributed by atoms with van der Waals surface area (Å²) in [6.07, 6.45) is -7.39. The van der Waals surface area contributed by atoms with Crippen LogP contribution in [0.1, 0.15) is 18.4 Å². The Balaban J connectivity index is 0.000000202. The molecule has 0 amide bonds. The second-order valence-electron chi connectivity index (χ2n) is 15.4. The number of carboxylic acids is 2. The summed E-state index contributed by atoms with van der Waals surface area (Å²) < 4.78 is 120. The van der Waals surface area contributed by atoms with Gasteiger partial charge in [0.1, 0.15) is 4.90 Å². The lowest BCUT2D eigenvalue weighted by molar-refractivity contribution is -0.193. The standard InChI is InChI=1S/C20H21ClN4O2S.C20H26N4O2S.2C2HF3O2/c21-19-18(9-8-17(20(19)22)25-12-10-23-11-13-25)28(26,27)24-16-7-3-5-14-4-1-2-6-15(14)16;21-18-15-17(8-9-20(18)23-12-4-10-22-11-14-23)27(25,26)24-13-3-6-16-5-1-2-7-19(16)24;2*3-2(4,5)1(6)7/h1-9,23-24H,10-13,22H2;1-2,5,7-9,15,22H,3-4,6,10-14,21H2;2*(H,6,7). The van der Waals surface area contributed by atoms with Gasteiger partial charge in [-0.15, -0.1) is 0 Å². The number of carbonyl (C=O) groups is 2. The molecule has 0 spiro atoms. The third kappa shape index (κ3) is 14.0. The molecule has 0 aromatic heterocycles. The maximum atomic E-state index is 13.3. The molecular weight excluding hydrogens is 982 g/mol. The quantitative estimate of drug-likeness (QED) is 0.0659. The molecule has 5 aromatic carbocycles. The van der Waals surface area contributed by atoms with Crippen LogP contribution < -0.4 is 40.9 Å². The number of nitrogens with two attached hydrogens (primary N) is 2. The van der Waals surface area contributed by atoms with Gasteiger partial charge in [-0.25, -0.2) is 26.4 Å². The van der Waals surface area contributed by atoms with E-state index in [1.165, 1.54) is 10.4 Å². The Morgan fingerprint density at radius 2 is 1.20 bits per heavy atom. The Morgan fingerprint density at radius 3 is 1.83 bits per heavy atom. The van der Waals surface area contributed by atoms with Crippen LogP contribution in [-0.2, 0) is 36.1 Å². The smallest absolute Gasteiger partial charge is 0.475 e. The minimum absolute atomic E-state index is 0.0292. The number of aliphatic carboxylic acids is 2. The number of alkyl halides is 6. The predicted octanol–water partition coefficient (Wildman–Crippen LogP) is 6.76. The van der Waals surface area contributed by atoms with Gasteiger partial charge in [0.15, 0.2) is 0 Å². The number of benzene rings is 5. The molecule has 9 N–H and O–H groups in total. The zero-order chi connectivity index (χ0) is 50.7. The Hall–Kier alpha value is -6.21. The second-order valence-corrected chi connectivity index (χ2v) is 19.3. The molecule has 374 valence electrons. The van der Waals surface area contributed by atoms with E-state index in [9.17, 15) is 43.2 Å². The van der Waals surface area contributed by atoms with Crippen molar-refractivity contribution in [2.75, 3.05) is 89.2 Å². The zero-order valence-electron chi connectivity index (χ0n) is 36.5. The highest BCUT2D eigenvalue weighted by Gasteiger charge is 2.39. The second kappa shape index (κ2) is 22.9. The van der Waals surface area contributed by atoms with Crippen LogP contribution in [0.5, 0.6) is 0 Å². The molecule has 2 saturated heterocycles. The average Bonchev–Trinajstić information content (AvgIpc) is 3.60. The van der Waals surface area contributed by atoms with Crippen molar-refractivity contribution >= 4 is 88.5 Å². The first-order valence-electron chi connectivity index (χ1n) is 21.0. The number of nitrogen functional groups attached to an aromatic ring is 2. The Kier molecular flexibility index (Phi) is 17.9. The lowest BCUT2D eigenvalue weighted by Crippen LogP contribution is -2.43. The summed E-state index contributed by atoms with van der Waals surface area (Å²) in [6, 6.07) is 29.2. The number of nitrogens with zero attached hydrogens (tertiary/aromatic N) is 3. The van der Waals surface area contributed by atoms with E-state index in [1.54, 1.807) is 24.3 Å². The molecule has 69 heavy (non-hydrogen) atoms. The van der Waals surface area contributed by atoms with Crippen molar-refractivity contribution in [1.82, 2.24) is 10.6 Å². The molecule has 0 radical (unpaired) electrons. The number of piperazine rings is 1. The molecule has 0 unspecified atom stereocenters. The van der Waals surface area contributed by atoms with Gasteiger partial charge in [-0.3, -0.25) is 9.03 Å². The fourth-order valence-corrected chi connectivity index (χ4v) is 10.6. The minimum Gasteiger partial charge on any atom is -0.475 e. The highest BCUT2D eigenvalue weighted by Crippen LogP contribution is 2.38. The van der Waals surface area contributed by atoms with Crippen LogP contribution >= 0.6 is 11.6 Å². The number of carboxylic acid groups (broad SMARTS) is 2. The summed E-state index contributed by atoms with van der Waals surface area (Å²) in [5.41, 5.74) is 17.3. The Morgan fingerprint density at radius 1 is 0.652 bits per heavy atom. The molecule has 16 nitrogen and oxygen atoms in total. The SMILES string of the molecule is Nc1c(N2CCNCC2)ccc(S(=O)(=O)Nc2cccc3ccccc23)c1Cl.Nc1cc(S(=O)(=O)N2CCCc3ccccc32)ccc1N1CCCNCC1.O=C(O)C(F)(F)F.O=C(O)C(F)(F)F. The Labute approximate surface area is 398 Å². The van der Waals surface area contributed by atoms with Gasteiger partial charge in [-0.1, -0.05) is 66.2 Å². The molecule has 0 bridgehead atoms. The van der Waals surface area contributed by atoms with Crippen molar-refractivity contribution in [3.8, 4) is 0 Å². The summed E-state index contributed by atoms with van der Waals surface area (Å²) in [5.74, 6) is -5.51. The van der Waals surface area contributed by atoms with Crippen molar-refractivity contribution in [3.63, 3.8) is 0 Å². The highest BCUT2D eigenvalue weighted by atomic mass is 35.5. The molecular formula is C44H49ClF6N8O8S2. The van der Waals surface area contributed by atoms with Crippen molar-refractivity contribution in [2.24, 2.45) is 0 Å². The summed E-state index contributed by atoms with van der Waals surface area (Å²) in [5, 5.41) is 22.7. The molecule has 3 heterocycles. The van der Waals surface area contributed by atoms with Gasteiger partial charge >= 0.3 is 24.3 Å². The van der Waals surface area contributed by atoms with Crippen LogP contribution in [0.15, 0.2) is 107 Å². The lowest BCUT2D eigenvalue weighted by atomic mass is 10.0. The Bertz CT molecular complexity index is 2800. The normalized spacial score (nSPS) is 15.4. The van der Waals surface area contributed by atoms with E-state index in [1.807, 2.05) is 66.7 Å².